The molecule has 1 aromatic rings. The average molecular weight is 304 g/mol. The zero-order valence-corrected chi connectivity index (χ0v) is 12.8. The van der Waals surface area contributed by atoms with Crippen LogP contribution in [-0.2, 0) is 16.0 Å². The Labute approximate surface area is 129 Å². The Kier molecular flexibility index (Phi) is 3.68. The lowest BCUT2D eigenvalue weighted by Gasteiger charge is -2.26. The van der Waals surface area contributed by atoms with Crippen molar-refractivity contribution in [2.24, 2.45) is 0 Å². The van der Waals surface area contributed by atoms with Crippen LogP contribution in [0.2, 0.25) is 0 Å². The van der Waals surface area contributed by atoms with Crippen molar-refractivity contribution in [1.82, 2.24) is 10.2 Å². The average Bonchev–Trinajstić information content (AvgIpc) is 2.79. The van der Waals surface area contributed by atoms with E-state index in [0.29, 0.717) is 18.8 Å². The van der Waals surface area contributed by atoms with Crippen molar-refractivity contribution in [3.05, 3.63) is 23.8 Å². The van der Waals surface area contributed by atoms with Gasteiger partial charge in [-0.2, -0.15) is 0 Å². The molecule has 2 heterocycles. The van der Waals surface area contributed by atoms with Crippen LogP contribution >= 0.6 is 0 Å². The van der Waals surface area contributed by atoms with Crippen LogP contribution < -0.4 is 14.8 Å². The van der Waals surface area contributed by atoms with Gasteiger partial charge in [-0.05, 0) is 19.9 Å². The van der Waals surface area contributed by atoms with Gasteiger partial charge in [0.1, 0.15) is 5.60 Å². The van der Waals surface area contributed by atoms with Crippen LogP contribution in [0.25, 0.3) is 0 Å². The highest BCUT2D eigenvalue weighted by Gasteiger charge is 2.32. The Bertz CT molecular complexity index is 612. The third-order valence-corrected chi connectivity index (χ3v) is 3.80. The number of amides is 2. The second kappa shape index (κ2) is 5.51. The van der Waals surface area contributed by atoms with Gasteiger partial charge in [0.05, 0.1) is 6.54 Å². The molecular weight excluding hydrogens is 284 g/mol. The smallest absolute Gasteiger partial charge is 0.261 e. The molecule has 1 aromatic carbocycles. The number of benzene rings is 1. The van der Waals surface area contributed by atoms with Crippen LogP contribution in [0.4, 0.5) is 0 Å². The highest BCUT2D eigenvalue weighted by molar-refractivity contribution is 5.86. The van der Waals surface area contributed by atoms with Gasteiger partial charge in [-0.1, -0.05) is 12.1 Å². The van der Waals surface area contributed by atoms with Crippen molar-refractivity contribution in [3.63, 3.8) is 0 Å². The molecule has 1 saturated heterocycles. The molecule has 2 amide bonds. The summed E-state index contributed by atoms with van der Waals surface area (Å²) in [5.41, 5.74) is 0.837. The van der Waals surface area contributed by atoms with E-state index in [4.69, 9.17) is 9.47 Å². The number of piperazine rings is 1. The topological polar surface area (TPSA) is 67.9 Å². The van der Waals surface area contributed by atoms with Gasteiger partial charge in [-0.3, -0.25) is 9.59 Å². The van der Waals surface area contributed by atoms with Gasteiger partial charge < -0.3 is 19.7 Å². The number of carbonyl (C=O) groups is 2. The Morgan fingerprint density at radius 2 is 2.27 bits per heavy atom. The first kappa shape index (κ1) is 14.7. The van der Waals surface area contributed by atoms with Crippen molar-refractivity contribution in [2.45, 2.75) is 25.9 Å². The highest BCUT2D eigenvalue weighted by atomic mass is 16.5. The summed E-state index contributed by atoms with van der Waals surface area (Å²) in [4.78, 5) is 24.9. The number of carbonyl (C=O) groups excluding carboxylic acids is 2. The summed E-state index contributed by atoms with van der Waals surface area (Å²) in [7, 11) is 0. The third-order valence-electron chi connectivity index (χ3n) is 3.80. The first-order valence-corrected chi connectivity index (χ1v) is 7.43. The Morgan fingerprint density at radius 3 is 3.05 bits per heavy atom. The molecule has 0 aromatic heterocycles. The van der Waals surface area contributed by atoms with E-state index in [0.717, 1.165) is 17.7 Å². The summed E-state index contributed by atoms with van der Waals surface area (Å²) >= 11 is 0. The minimum Gasteiger partial charge on any atom is -0.483 e. The fraction of sp³-hybridized carbons (Fsp3) is 0.500. The number of hydrogen-bond donors (Lipinski definition) is 1. The Hall–Kier alpha value is -2.24. The lowest BCUT2D eigenvalue weighted by Crippen LogP contribution is -2.51. The SMILES string of the molecule is CC1(C)Cc2cccc(OCC(=O)N3CCNC(=O)C3)c2O1. The summed E-state index contributed by atoms with van der Waals surface area (Å²) in [5.74, 6) is 0.976. The van der Waals surface area contributed by atoms with Crippen LogP contribution in [0.3, 0.4) is 0 Å². The van der Waals surface area contributed by atoms with Crippen LogP contribution in [0, 0.1) is 0 Å². The fourth-order valence-corrected chi connectivity index (χ4v) is 2.78. The number of ether oxygens (including phenoxy) is 2. The minimum atomic E-state index is -0.253. The third kappa shape index (κ3) is 3.00. The van der Waals surface area contributed by atoms with Crippen molar-refractivity contribution in [3.8, 4) is 11.5 Å². The second-order valence-corrected chi connectivity index (χ2v) is 6.24. The zero-order chi connectivity index (χ0) is 15.7. The van der Waals surface area contributed by atoms with Crippen LogP contribution in [0.5, 0.6) is 11.5 Å². The van der Waals surface area contributed by atoms with Gasteiger partial charge >= 0.3 is 0 Å². The first-order chi connectivity index (χ1) is 10.4. The molecule has 1 N–H and O–H groups in total. The second-order valence-electron chi connectivity index (χ2n) is 6.24. The summed E-state index contributed by atoms with van der Waals surface area (Å²) in [6.07, 6.45) is 0.819. The maximum absolute atomic E-state index is 12.1. The van der Waals surface area contributed by atoms with Crippen molar-refractivity contribution in [1.29, 1.82) is 0 Å². The van der Waals surface area contributed by atoms with Gasteiger partial charge in [0.2, 0.25) is 5.91 Å². The van der Waals surface area contributed by atoms with Gasteiger partial charge in [0.15, 0.2) is 18.1 Å². The maximum Gasteiger partial charge on any atom is 0.261 e. The molecule has 0 spiro atoms. The van der Waals surface area contributed by atoms with Gasteiger partial charge in [-0.15, -0.1) is 0 Å². The van der Waals surface area contributed by atoms with E-state index in [1.165, 1.54) is 4.90 Å². The molecular formula is C16H20N2O4. The first-order valence-electron chi connectivity index (χ1n) is 7.43. The van der Waals surface area contributed by atoms with Crippen LogP contribution in [0.1, 0.15) is 19.4 Å². The molecule has 6 nitrogen and oxygen atoms in total. The maximum atomic E-state index is 12.1. The van der Waals surface area contributed by atoms with E-state index in [1.807, 2.05) is 26.0 Å². The molecule has 3 rings (SSSR count). The lowest BCUT2D eigenvalue weighted by molar-refractivity contribution is -0.139. The molecule has 2 aliphatic heterocycles. The molecule has 0 atom stereocenters. The summed E-state index contributed by atoms with van der Waals surface area (Å²) in [6, 6.07) is 5.71. The van der Waals surface area contributed by atoms with Gasteiger partial charge in [0.25, 0.3) is 5.91 Å². The number of nitrogens with zero attached hydrogens (tertiary/aromatic N) is 1. The normalized spacial score (nSPS) is 19.2. The Morgan fingerprint density at radius 1 is 1.45 bits per heavy atom. The fourth-order valence-electron chi connectivity index (χ4n) is 2.78. The van der Waals surface area contributed by atoms with E-state index in [9.17, 15) is 9.59 Å². The van der Waals surface area contributed by atoms with Crippen molar-refractivity contribution < 1.29 is 19.1 Å². The van der Waals surface area contributed by atoms with Crippen LogP contribution in [-0.4, -0.2) is 48.6 Å². The largest absolute Gasteiger partial charge is 0.483 e. The van der Waals surface area contributed by atoms with E-state index in [1.54, 1.807) is 6.07 Å². The summed E-state index contributed by atoms with van der Waals surface area (Å²) in [5, 5.41) is 2.69. The van der Waals surface area contributed by atoms with E-state index >= 15 is 0 Å². The monoisotopic (exact) mass is 304 g/mol. The zero-order valence-electron chi connectivity index (χ0n) is 12.8. The molecule has 118 valence electrons. The Balaban J connectivity index is 1.64. The predicted octanol–water partition coefficient (Wildman–Crippen LogP) is 0.737. The van der Waals surface area contributed by atoms with E-state index in [-0.39, 0.29) is 30.6 Å². The van der Waals surface area contributed by atoms with E-state index in [2.05, 4.69) is 5.32 Å². The number of para-hydroxylation sites is 1. The molecule has 2 aliphatic rings. The van der Waals surface area contributed by atoms with Crippen molar-refractivity contribution >= 4 is 11.8 Å². The molecule has 0 saturated carbocycles. The summed E-state index contributed by atoms with van der Waals surface area (Å²) in [6.45, 7) is 5.06. The highest BCUT2D eigenvalue weighted by Crippen LogP contribution is 2.41. The molecule has 0 radical (unpaired) electrons. The molecule has 22 heavy (non-hydrogen) atoms. The standard InChI is InChI=1S/C16H20N2O4/c1-16(2)8-11-4-3-5-12(15(11)22-16)21-10-14(20)18-7-6-17-13(19)9-18/h3-5H,6-10H2,1-2H3,(H,17,19). The number of fused-ring (bicyclic) bond motifs is 1. The molecule has 0 bridgehead atoms. The minimum absolute atomic E-state index is 0.0898. The number of rotatable bonds is 3. The molecule has 1 fully saturated rings. The number of hydrogen-bond acceptors (Lipinski definition) is 4. The van der Waals surface area contributed by atoms with Gasteiger partial charge in [-0.25, -0.2) is 0 Å². The molecule has 0 unspecified atom stereocenters. The summed E-state index contributed by atoms with van der Waals surface area (Å²) < 4.78 is 11.6. The molecule has 6 heteroatoms. The predicted molar refractivity (Wildman–Crippen MR) is 79.9 cm³/mol. The quantitative estimate of drug-likeness (QED) is 0.894. The number of nitrogens with one attached hydrogen (secondary N) is 1. The lowest BCUT2D eigenvalue weighted by atomic mass is 10.0. The van der Waals surface area contributed by atoms with Crippen molar-refractivity contribution in [2.75, 3.05) is 26.2 Å². The van der Waals surface area contributed by atoms with Crippen LogP contribution in [0.15, 0.2) is 18.2 Å². The van der Waals surface area contributed by atoms with E-state index < -0.39 is 0 Å². The molecule has 0 aliphatic carbocycles. The van der Waals surface area contributed by atoms with Gasteiger partial charge in [0, 0.05) is 25.1 Å².